The number of halogens is 1. The summed E-state index contributed by atoms with van der Waals surface area (Å²) in [4.78, 5) is 18.7. The zero-order chi connectivity index (χ0) is 22.8. The van der Waals surface area contributed by atoms with Crippen molar-refractivity contribution in [1.82, 2.24) is 14.9 Å². The number of aromatic nitrogens is 2. The monoisotopic (exact) mass is 450 g/mol. The Kier molecular flexibility index (Phi) is 6.05. The molecular formula is C24H23FN4O2S. The van der Waals surface area contributed by atoms with Gasteiger partial charge in [-0.15, -0.1) is 0 Å². The number of imidazole rings is 1. The van der Waals surface area contributed by atoms with E-state index in [9.17, 15) is 9.18 Å². The van der Waals surface area contributed by atoms with Crippen LogP contribution in [0.15, 0.2) is 72.5 Å². The van der Waals surface area contributed by atoms with Crippen molar-refractivity contribution in [3.63, 3.8) is 0 Å². The number of nitrogens with one attached hydrogen (secondary N) is 1. The second-order valence-corrected chi connectivity index (χ2v) is 7.82. The number of esters is 1. The summed E-state index contributed by atoms with van der Waals surface area (Å²) in [5.41, 5.74) is 3.90. The van der Waals surface area contributed by atoms with Crippen molar-refractivity contribution in [2.24, 2.45) is 0 Å². The molecule has 3 aromatic rings. The fourth-order valence-electron chi connectivity index (χ4n) is 3.75. The second kappa shape index (κ2) is 8.92. The molecule has 32 heavy (non-hydrogen) atoms. The number of ether oxygens (including phenoxy) is 1. The van der Waals surface area contributed by atoms with Gasteiger partial charge in [0.25, 0.3) is 0 Å². The smallest absolute Gasteiger partial charge is 0.338 e. The third-order valence-electron chi connectivity index (χ3n) is 5.42. The number of carbonyl (C=O) groups excluding carboxylic acids is 1. The molecule has 0 amide bonds. The van der Waals surface area contributed by atoms with E-state index in [0.717, 1.165) is 11.3 Å². The van der Waals surface area contributed by atoms with Crippen LogP contribution < -0.4 is 10.2 Å². The van der Waals surface area contributed by atoms with Crippen molar-refractivity contribution in [2.75, 3.05) is 11.5 Å². The first-order valence-corrected chi connectivity index (χ1v) is 10.6. The lowest BCUT2D eigenvalue weighted by Crippen LogP contribution is -2.48. The number of allylic oxidation sites excluding steroid dienone is 1. The van der Waals surface area contributed by atoms with Crippen molar-refractivity contribution in [2.45, 2.75) is 26.8 Å². The van der Waals surface area contributed by atoms with Crippen LogP contribution in [0.3, 0.4) is 0 Å². The number of thiocarbonyl (C=S) groups is 1. The number of carbonyl (C=O) groups is 1. The predicted molar refractivity (Wildman–Crippen MR) is 125 cm³/mol. The van der Waals surface area contributed by atoms with Gasteiger partial charge in [0.05, 0.1) is 30.2 Å². The van der Waals surface area contributed by atoms with Crippen LogP contribution in [0.4, 0.5) is 10.1 Å². The Labute approximate surface area is 191 Å². The summed E-state index contributed by atoms with van der Waals surface area (Å²) in [5.74, 6) is -0.783. The average Bonchev–Trinajstić information content (AvgIpc) is 3.31. The molecule has 4 rings (SSSR count). The van der Waals surface area contributed by atoms with E-state index in [1.54, 1.807) is 50.3 Å². The van der Waals surface area contributed by atoms with E-state index in [1.165, 1.54) is 6.07 Å². The van der Waals surface area contributed by atoms with Crippen molar-refractivity contribution >= 4 is 29.0 Å². The lowest BCUT2D eigenvalue weighted by atomic mass is 9.94. The zero-order valence-electron chi connectivity index (χ0n) is 18.0. The molecule has 2 heterocycles. The van der Waals surface area contributed by atoms with Crippen LogP contribution in [0.25, 0.3) is 5.69 Å². The predicted octanol–water partition coefficient (Wildman–Crippen LogP) is 4.59. The van der Waals surface area contributed by atoms with E-state index in [0.29, 0.717) is 27.6 Å². The van der Waals surface area contributed by atoms with Gasteiger partial charge in [-0.3, -0.25) is 4.90 Å². The van der Waals surface area contributed by atoms with E-state index in [1.807, 2.05) is 35.0 Å². The molecule has 0 aliphatic carbocycles. The first-order chi connectivity index (χ1) is 15.4. The topological polar surface area (TPSA) is 59.4 Å². The van der Waals surface area contributed by atoms with Gasteiger partial charge in [-0.25, -0.2) is 14.2 Å². The molecular weight excluding hydrogens is 427 g/mol. The molecule has 164 valence electrons. The molecule has 1 N–H and O–H groups in total. The Bertz CT molecular complexity index is 1190. The molecule has 0 bridgehead atoms. The number of nitrogens with zero attached hydrogens (tertiary/aromatic N) is 3. The normalized spacial score (nSPS) is 16.2. The number of anilines is 1. The SMILES string of the molecule is CCOC(=O)C1=C(C)N(c2ccc(C)c(F)c2)C(=S)NC1c1ccc(-n2ccnc2)cc1. The van der Waals surface area contributed by atoms with Crippen LogP contribution in [-0.4, -0.2) is 27.2 Å². The summed E-state index contributed by atoms with van der Waals surface area (Å²) >= 11 is 5.63. The first kappa shape index (κ1) is 21.7. The van der Waals surface area contributed by atoms with E-state index < -0.39 is 12.0 Å². The second-order valence-electron chi connectivity index (χ2n) is 7.43. The van der Waals surface area contributed by atoms with Crippen LogP contribution in [0.5, 0.6) is 0 Å². The molecule has 0 radical (unpaired) electrons. The molecule has 6 nitrogen and oxygen atoms in total. The van der Waals surface area contributed by atoms with Gasteiger partial charge in [0.2, 0.25) is 0 Å². The summed E-state index contributed by atoms with van der Waals surface area (Å²) in [6.45, 7) is 5.49. The summed E-state index contributed by atoms with van der Waals surface area (Å²) in [5, 5.41) is 3.62. The van der Waals surface area contributed by atoms with Crippen molar-refractivity contribution in [3.8, 4) is 5.69 Å². The van der Waals surface area contributed by atoms with Crippen LogP contribution in [0, 0.1) is 12.7 Å². The van der Waals surface area contributed by atoms with Gasteiger partial charge < -0.3 is 14.6 Å². The van der Waals surface area contributed by atoms with Gasteiger partial charge in [0.15, 0.2) is 5.11 Å². The van der Waals surface area contributed by atoms with Gasteiger partial charge in [0, 0.05) is 23.8 Å². The van der Waals surface area contributed by atoms with Gasteiger partial charge in [-0.2, -0.15) is 0 Å². The highest BCUT2D eigenvalue weighted by Crippen LogP contribution is 2.35. The fraction of sp³-hybridized carbons (Fsp3) is 0.208. The van der Waals surface area contributed by atoms with Gasteiger partial charge >= 0.3 is 5.97 Å². The molecule has 0 fully saturated rings. The molecule has 0 spiro atoms. The maximum Gasteiger partial charge on any atom is 0.338 e. The molecule has 1 unspecified atom stereocenters. The lowest BCUT2D eigenvalue weighted by molar-refractivity contribution is -0.139. The Morgan fingerprint density at radius 2 is 1.91 bits per heavy atom. The first-order valence-electron chi connectivity index (χ1n) is 10.2. The number of hydrogen-bond acceptors (Lipinski definition) is 4. The van der Waals surface area contributed by atoms with Crippen molar-refractivity contribution in [3.05, 3.63) is 89.4 Å². The summed E-state index contributed by atoms with van der Waals surface area (Å²) in [7, 11) is 0. The van der Waals surface area contributed by atoms with Gasteiger partial charge in [0.1, 0.15) is 5.82 Å². The minimum atomic E-state index is -0.495. The van der Waals surface area contributed by atoms with E-state index >= 15 is 0 Å². The average molecular weight is 451 g/mol. The highest BCUT2D eigenvalue weighted by atomic mass is 32.1. The van der Waals surface area contributed by atoms with Crippen LogP contribution in [0.1, 0.15) is 31.0 Å². The largest absolute Gasteiger partial charge is 0.463 e. The van der Waals surface area contributed by atoms with E-state index in [4.69, 9.17) is 17.0 Å². The van der Waals surface area contributed by atoms with Crippen molar-refractivity contribution < 1.29 is 13.9 Å². The Hall–Kier alpha value is -3.52. The molecule has 0 saturated heterocycles. The van der Waals surface area contributed by atoms with E-state index in [2.05, 4.69) is 10.3 Å². The summed E-state index contributed by atoms with van der Waals surface area (Å²) in [6.07, 6.45) is 5.29. The standard InChI is InChI=1S/C24H23FN4O2S/c1-4-31-23(30)21-16(3)29(19-8-5-15(2)20(25)13-19)24(32)27-22(21)17-6-9-18(10-7-17)28-12-11-26-14-28/h5-14,22H,4H2,1-3H3,(H,27,32). The van der Waals surface area contributed by atoms with Gasteiger partial charge in [-0.1, -0.05) is 18.2 Å². The van der Waals surface area contributed by atoms with Crippen molar-refractivity contribution in [1.29, 1.82) is 0 Å². The summed E-state index contributed by atoms with van der Waals surface area (Å²) in [6, 6.07) is 12.1. The van der Waals surface area contributed by atoms with Crippen LogP contribution >= 0.6 is 12.2 Å². The minimum absolute atomic E-state index is 0.242. The highest BCUT2D eigenvalue weighted by molar-refractivity contribution is 7.80. The zero-order valence-corrected chi connectivity index (χ0v) is 18.8. The lowest BCUT2D eigenvalue weighted by Gasteiger charge is -2.37. The third kappa shape index (κ3) is 4.01. The molecule has 8 heteroatoms. The number of rotatable bonds is 5. The fourth-order valence-corrected chi connectivity index (χ4v) is 4.11. The van der Waals surface area contributed by atoms with Gasteiger partial charge in [-0.05, 0) is 68.4 Å². The highest BCUT2D eigenvalue weighted by Gasteiger charge is 2.35. The summed E-state index contributed by atoms with van der Waals surface area (Å²) < 4.78 is 21.5. The number of benzene rings is 2. The molecule has 1 atom stereocenters. The molecule has 2 aromatic carbocycles. The van der Waals surface area contributed by atoms with E-state index in [-0.39, 0.29) is 12.4 Å². The van der Waals surface area contributed by atoms with Crippen LogP contribution in [0.2, 0.25) is 0 Å². The maximum absolute atomic E-state index is 14.3. The molecule has 0 saturated carbocycles. The third-order valence-corrected chi connectivity index (χ3v) is 5.72. The number of hydrogen-bond donors (Lipinski definition) is 1. The minimum Gasteiger partial charge on any atom is -0.463 e. The maximum atomic E-state index is 14.3. The Balaban J connectivity index is 1.77. The Morgan fingerprint density at radius 1 is 1.19 bits per heavy atom. The Morgan fingerprint density at radius 3 is 2.53 bits per heavy atom. The molecule has 1 aliphatic heterocycles. The number of aryl methyl sites for hydroxylation is 1. The molecule has 1 aliphatic rings. The van der Waals surface area contributed by atoms with Crippen LogP contribution in [-0.2, 0) is 9.53 Å². The molecule has 1 aromatic heterocycles. The quantitative estimate of drug-likeness (QED) is 0.453.